The normalized spacial score (nSPS) is 9.47. The molecule has 19 heavy (non-hydrogen) atoms. The van der Waals surface area contributed by atoms with Crippen LogP contribution in [0.5, 0.6) is 0 Å². The first-order chi connectivity index (χ1) is 9.24. The molecule has 0 aliphatic heterocycles. The number of nitriles is 1. The van der Waals surface area contributed by atoms with Gasteiger partial charge in [0.25, 0.3) is 5.91 Å². The van der Waals surface area contributed by atoms with Crippen molar-refractivity contribution < 1.29 is 4.79 Å². The van der Waals surface area contributed by atoms with Crippen LogP contribution in [-0.2, 0) is 0 Å². The molecule has 0 aliphatic rings. The Bertz CT molecular complexity index is 646. The quantitative estimate of drug-likeness (QED) is 0.878. The average Bonchev–Trinajstić information content (AvgIpc) is 2.47. The lowest BCUT2D eigenvalue weighted by molar-refractivity contribution is 0.102. The molecule has 1 aromatic carbocycles. The highest BCUT2D eigenvalue weighted by molar-refractivity contribution is 6.03. The lowest BCUT2D eigenvalue weighted by Gasteiger charge is -2.07. The first-order valence-corrected chi connectivity index (χ1v) is 5.70. The number of pyridine rings is 1. The number of rotatable bonds is 3. The van der Waals surface area contributed by atoms with Crippen molar-refractivity contribution in [1.82, 2.24) is 4.98 Å². The van der Waals surface area contributed by atoms with E-state index in [1.165, 1.54) is 0 Å². The van der Waals surface area contributed by atoms with E-state index in [1.54, 1.807) is 49.5 Å². The Kier molecular flexibility index (Phi) is 3.74. The molecule has 2 rings (SSSR count). The molecule has 2 N–H and O–H groups in total. The van der Waals surface area contributed by atoms with E-state index in [9.17, 15) is 4.79 Å². The van der Waals surface area contributed by atoms with E-state index in [2.05, 4.69) is 15.6 Å². The average molecular weight is 252 g/mol. The van der Waals surface area contributed by atoms with Crippen molar-refractivity contribution >= 4 is 17.4 Å². The summed E-state index contributed by atoms with van der Waals surface area (Å²) in [7, 11) is 1.73. The van der Waals surface area contributed by atoms with Gasteiger partial charge in [0.15, 0.2) is 0 Å². The van der Waals surface area contributed by atoms with Crippen molar-refractivity contribution in [2.24, 2.45) is 0 Å². The van der Waals surface area contributed by atoms with Gasteiger partial charge in [0.05, 0.1) is 11.3 Å². The molecule has 0 unspecified atom stereocenters. The lowest BCUT2D eigenvalue weighted by atomic mass is 10.2. The van der Waals surface area contributed by atoms with Crippen molar-refractivity contribution in [3.63, 3.8) is 0 Å². The van der Waals surface area contributed by atoms with Crippen LogP contribution in [0.2, 0.25) is 0 Å². The monoisotopic (exact) mass is 252 g/mol. The van der Waals surface area contributed by atoms with Gasteiger partial charge >= 0.3 is 0 Å². The summed E-state index contributed by atoms with van der Waals surface area (Å²) in [6, 6.07) is 14.0. The number of carbonyl (C=O) groups excluding carboxylic acids is 1. The number of carbonyl (C=O) groups is 1. The lowest BCUT2D eigenvalue weighted by Crippen LogP contribution is -2.15. The van der Waals surface area contributed by atoms with E-state index >= 15 is 0 Å². The Hall–Kier alpha value is -2.87. The van der Waals surface area contributed by atoms with Gasteiger partial charge in [0.2, 0.25) is 0 Å². The molecule has 0 saturated heterocycles. The van der Waals surface area contributed by atoms with Crippen LogP contribution in [0.3, 0.4) is 0 Å². The molecule has 1 heterocycles. The van der Waals surface area contributed by atoms with Crippen molar-refractivity contribution in [2.75, 3.05) is 17.7 Å². The second-order valence-electron chi connectivity index (χ2n) is 3.77. The largest absolute Gasteiger partial charge is 0.373 e. The molecule has 0 bridgehead atoms. The predicted molar refractivity (Wildman–Crippen MR) is 72.9 cm³/mol. The molecule has 1 aromatic heterocycles. The number of hydrogen-bond donors (Lipinski definition) is 2. The number of aromatic nitrogens is 1. The van der Waals surface area contributed by atoms with E-state index in [0.29, 0.717) is 22.8 Å². The fraction of sp³-hybridized carbons (Fsp3) is 0.0714. The van der Waals surface area contributed by atoms with Crippen LogP contribution in [0.1, 0.15) is 16.1 Å². The van der Waals surface area contributed by atoms with Crippen LogP contribution in [0.4, 0.5) is 11.5 Å². The molecule has 5 nitrogen and oxygen atoms in total. The number of nitrogens with one attached hydrogen (secondary N) is 2. The van der Waals surface area contributed by atoms with E-state index in [4.69, 9.17) is 5.26 Å². The van der Waals surface area contributed by atoms with E-state index in [-0.39, 0.29) is 5.91 Å². The highest BCUT2D eigenvalue weighted by atomic mass is 16.1. The molecule has 0 atom stereocenters. The summed E-state index contributed by atoms with van der Waals surface area (Å²) in [6.07, 6.45) is 0. The van der Waals surface area contributed by atoms with Gasteiger partial charge in [-0.15, -0.1) is 0 Å². The van der Waals surface area contributed by atoms with Gasteiger partial charge in [-0.25, -0.2) is 4.98 Å². The number of anilines is 2. The molecule has 0 spiro atoms. The van der Waals surface area contributed by atoms with Crippen LogP contribution >= 0.6 is 0 Å². The number of hydrogen-bond acceptors (Lipinski definition) is 4. The summed E-state index contributed by atoms with van der Waals surface area (Å²) in [5, 5.41) is 14.5. The zero-order chi connectivity index (χ0) is 13.7. The molecule has 2 aromatic rings. The summed E-state index contributed by atoms with van der Waals surface area (Å²) >= 11 is 0. The summed E-state index contributed by atoms with van der Waals surface area (Å²) in [5.41, 5.74) is 1.19. The van der Waals surface area contributed by atoms with Gasteiger partial charge in [-0.3, -0.25) is 4.79 Å². The fourth-order valence-electron chi connectivity index (χ4n) is 1.58. The maximum absolute atomic E-state index is 12.0. The minimum atomic E-state index is -0.347. The van der Waals surface area contributed by atoms with Crippen molar-refractivity contribution in [3.8, 4) is 6.07 Å². The first kappa shape index (κ1) is 12.6. The Balaban J connectivity index is 2.23. The van der Waals surface area contributed by atoms with Crippen molar-refractivity contribution in [3.05, 3.63) is 53.7 Å². The Morgan fingerprint density at radius 2 is 2.00 bits per heavy atom. The van der Waals surface area contributed by atoms with Gasteiger partial charge in [0, 0.05) is 7.05 Å². The molecule has 94 valence electrons. The van der Waals surface area contributed by atoms with Gasteiger partial charge in [-0.2, -0.15) is 5.26 Å². The van der Waals surface area contributed by atoms with Crippen LogP contribution < -0.4 is 10.6 Å². The molecular formula is C14H12N4O. The third kappa shape index (κ3) is 2.87. The van der Waals surface area contributed by atoms with Crippen LogP contribution in [0, 0.1) is 11.3 Å². The molecule has 0 saturated carbocycles. The SMILES string of the molecule is CNc1cccc(C(=O)Nc2ccccc2C#N)n1. The van der Waals surface area contributed by atoms with Crippen LogP contribution in [0.15, 0.2) is 42.5 Å². The number of nitrogens with zero attached hydrogens (tertiary/aromatic N) is 2. The summed E-state index contributed by atoms with van der Waals surface area (Å²) in [4.78, 5) is 16.2. The number of benzene rings is 1. The maximum atomic E-state index is 12.0. The van der Waals surface area contributed by atoms with Gasteiger partial charge in [0.1, 0.15) is 17.6 Å². The van der Waals surface area contributed by atoms with E-state index in [1.807, 2.05) is 6.07 Å². The van der Waals surface area contributed by atoms with Crippen LogP contribution in [-0.4, -0.2) is 17.9 Å². The van der Waals surface area contributed by atoms with Gasteiger partial charge < -0.3 is 10.6 Å². The third-order valence-corrected chi connectivity index (χ3v) is 2.53. The number of amides is 1. The third-order valence-electron chi connectivity index (χ3n) is 2.53. The molecule has 5 heteroatoms. The van der Waals surface area contributed by atoms with E-state index < -0.39 is 0 Å². The molecule has 0 radical (unpaired) electrons. The molecule has 0 aliphatic carbocycles. The van der Waals surface area contributed by atoms with E-state index in [0.717, 1.165) is 0 Å². The second kappa shape index (κ2) is 5.65. The maximum Gasteiger partial charge on any atom is 0.274 e. The van der Waals surface area contributed by atoms with Crippen LogP contribution in [0.25, 0.3) is 0 Å². The Labute approximate surface area is 110 Å². The van der Waals surface area contributed by atoms with Gasteiger partial charge in [-0.1, -0.05) is 18.2 Å². The summed E-state index contributed by atoms with van der Waals surface area (Å²) in [6.45, 7) is 0. The zero-order valence-corrected chi connectivity index (χ0v) is 10.3. The predicted octanol–water partition coefficient (Wildman–Crippen LogP) is 2.25. The Morgan fingerprint density at radius 1 is 1.21 bits per heavy atom. The minimum absolute atomic E-state index is 0.291. The second-order valence-corrected chi connectivity index (χ2v) is 3.77. The smallest absolute Gasteiger partial charge is 0.274 e. The zero-order valence-electron chi connectivity index (χ0n) is 10.3. The highest BCUT2D eigenvalue weighted by Crippen LogP contribution is 2.15. The standard InChI is InChI=1S/C14H12N4O/c1-16-13-8-4-7-12(17-13)14(19)18-11-6-3-2-5-10(11)9-15/h2-8H,1H3,(H,16,17)(H,18,19). The molecule has 1 amide bonds. The number of para-hydroxylation sites is 1. The fourth-order valence-corrected chi connectivity index (χ4v) is 1.58. The summed E-state index contributed by atoms with van der Waals surface area (Å²) in [5.74, 6) is 0.265. The topological polar surface area (TPSA) is 77.8 Å². The Morgan fingerprint density at radius 3 is 2.74 bits per heavy atom. The van der Waals surface area contributed by atoms with Crippen molar-refractivity contribution in [1.29, 1.82) is 5.26 Å². The summed E-state index contributed by atoms with van der Waals surface area (Å²) < 4.78 is 0. The molecule has 0 fully saturated rings. The minimum Gasteiger partial charge on any atom is -0.373 e. The first-order valence-electron chi connectivity index (χ1n) is 5.70. The molecular weight excluding hydrogens is 240 g/mol. The highest BCUT2D eigenvalue weighted by Gasteiger charge is 2.10. The van der Waals surface area contributed by atoms with Gasteiger partial charge in [-0.05, 0) is 24.3 Å². The van der Waals surface area contributed by atoms with Crippen molar-refractivity contribution in [2.45, 2.75) is 0 Å².